The number of rotatable bonds is 7. The topological polar surface area (TPSA) is 78.5 Å². The van der Waals surface area contributed by atoms with E-state index < -0.39 is 11.9 Å². The fraction of sp³-hybridized carbons (Fsp3) is 0.400. The Kier molecular flexibility index (Phi) is 7.98. The maximum absolute atomic E-state index is 13.5. The number of hydrogen-bond acceptors (Lipinski definition) is 3. The number of nitrogens with zero attached hydrogens (tertiary/aromatic N) is 1. The van der Waals surface area contributed by atoms with E-state index in [0.29, 0.717) is 43.6 Å². The summed E-state index contributed by atoms with van der Waals surface area (Å²) in [5, 5.41) is 5.82. The van der Waals surface area contributed by atoms with Crippen molar-refractivity contribution in [3.05, 3.63) is 71.0 Å². The van der Waals surface area contributed by atoms with Crippen LogP contribution in [0.25, 0.3) is 0 Å². The van der Waals surface area contributed by atoms with Gasteiger partial charge in [-0.25, -0.2) is 4.39 Å². The lowest BCUT2D eigenvalue weighted by Gasteiger charge is -2.36. The predicted octanol–water partition coefficient (Wildman–Crippen LogP) is 3.31. The zero-order chi connectivity index (χ0) is 23.1. The lowest BCUT2D eigenvalue weighted by atomic mass is 9.88. The second-order valence-corrected chi connectivity index (χ2v) is 8.20. The van der Waals surface area contributed by atoms with E-state index in [-0.39, 0.29) is 23.6 Å². The van der Waals surface area contributed by atoms with Crippen LogP contribution in [0.3, 0.4) is 0 Å². The van der Waals surface area contributed by atoms with E-state index in [1.54, 1.807) is 23.1 Å². The molecule has 1 heterocycles. The van der Waals surface area contributed by atoms with Gasteiger partial charge in [-0.3, -0.25) is 14.4 Å². The third-order valence-corrected chi connectivity index (χ3v) is 5.88. The molecule has 6 nitrogen and oxygen atoms in total. The zero-order valence-electron chi connectivity index (χ0n) is 18.6. The molecule has 0 aliphatic carbocycles. The summed E-state index contributed by atoms with van der Waals surface area (Å²) in [4.78, 5) is 40.2. The molecule has 1 aliphatic heterocycles. The van der Waals surface area contributed by atoms with E-state index in [4.69, 9.17) is 0 Å². The van der Waals surface area contributed by atoms with Crippen molar-refractivity contribution in [3.8, 4) is 0 Å². The molecular formula is C25H30FN3O3. The summed E-state index contributed by atoms with van der Waals surface area (Å²) < 4.78 is 13.5. The van der Waals surface area contributed by atoms with Gasteiger partial charge in [0.2, 0.25) is 5.91 Å². The number of nitrogens with one attached hydrogen (secondary N) is 2. The zero-order valence-corrected chi connectivity index (χ0v) is 18.6. The molecule has 2 aromatic rings. The summed E-state index contributed by atoms with van der Waals surface area (Å²) in [7, 11) is 0. The third-order valence-electron chi connectivity index (χ3n) is 5.88. The van der Waals surface area contributed by atoms with Gasteiger partial charge in [-0.15, -0.1) is 0 Å². The Bertz CT molecular complexity index is 970. The molecule has 0 saturated carbocycles. The molecule has 2 N–H and O–H groups in total. The number of aryl methyl sites for hydroxylation is 1. The minimum atomic E-state index is -0.680. The van der Waals surface area contributed by atoms with Crippen molar-refractivity contribution < 1.29 is 18.8 Å². The smallest absolute Gasteiger partial charge is 0.253 e. The Morgan fingerprint density at radius 3 is 2.47 bits per heavy atom. The highest BCUT2D eigenvalue weighted by Gasteiger charge is 2.34. The van der Waals surface area contributed by atoms with Gasteiger partial charge >= 0.3 is 0 Å². The number of halogens is 1. The number of piperidine rings is 1. The van der Waals surface area contributed by atoms with Gasteiger partial charge in [-0.1, -0.05) is 31.2 Å². The summed E-state index contributed by atoms with van der Waals surface area (Å²) >= 11 is 0. The largest absolute Gasteiger partial charge is 0.354 e. The van der Waals surface area contributed by atoms with Crippen LogP contribution < -0.4 is 10.6 Å². The van der Waals surface area contributed by atoms with Crippen LogP contribution in [0.4, 0.5) is 4.39 Å². The Hall–Kier alpha value is -3.22. The second kappa shape index (κ2) is 10.9. The highest BCUT2D eigenvalue weighted by Crippen LogP contribution is 2.23. The Morgan fingerprint density at radius 2 is 1.81 bits per heavy atom. The van der Waals surface area contributed by atoms with E-state index >= 15 is 0 Å². The molecule has 1 unspecified atom stereocenters. The first-order valence-electron chi connectivity index (χ1n) is 11.1. The molecule has 0 radical (unpaired) electrons. The molecule has 3 rings (SSSR count). The second-order valence-electron chi connectivity index (χ2n) is 8.20. The first-order chi connectivity index (χ1) is 15.4. The van der Waals surface area contributed by atoms with Crippen molar-refractivity contribution >= 4 is 17.7 Å². The molecule has 1 atom stereocenters. The van der Waals surface area contributed by atoms with E-state index in [1.807, 2.05) is 26.0 Å². The summed E-state index contributed by atoms with van der Waals surface area (Å²) in [6.07, 6.45) is 1.93. The maximum atomic E-state index is 13.5. The molecular weight excluding hydrogens is 409 g/mol. The van der Waals surface area contributed by atoms with Crippen molar-refractivity contribution in [2.75, 3.05) is 19.6 Å². The van der Waals surface area contributed by atoms with Gasteiger partial charge in [0, 0.05) is 30.8 Å². The number of carbonyl (C=O) groups is 3. The van der Waals surface area contributed by atoms with Crippen molar-refractivity contribution in [3.63, 3.8) is 0 Å². The molecule has 7 heteroatoms. The van der Waals surface area contributed by atoms with Gasteiger partial charge < -0.3 is 15.5 Å². The van der Waals surface area contributed by atoms with Gasteiger partial charge in [-0.2, -0.15) is 0 Å². The molecule has 0 bridgehead atoms. The molecule has 1 fully saturated rings. The summed E-state index contributed by atoms with van der Waals surface area (Å²) in [6, 6.07) is 12.2. The Labute approximate surface area is 188 Å². The maximum Gasteiger partial charge on any atom is 0.253 e. The predicted molar refractivity (Wildman–Crippen MR) is 121 cm³/mol. The van der Waals surface area contributed by atoms with Crippen LogP contribution in [-0.4, -0.2) is 48.3 Å². The molecule has 170 valence electrons. The fourth-order valence-corrected chi connectivity index (χ4v) is 4.04. The molecule has 1 saturated heterocycles. The first kappa shape index (κ1) is 23.4. The van der Waals surface area contributed by atoms with Gasteiger partial charge in [0.15, 0.2) is 0 Å². The molecule has 2 aromatic carbocycles. The third kappa shape index (κ3) is 5.72. The van der Waals surface area contributed by atoms with E-state index in [0.717, 1.165) is 12.0 Å². The Morgan fingerprint density at radius 1 is 1.09 bits per heavy atom. The van der Waals surface area contributed by atoms with Gasteiger partial charge in [-0.05, 0) is 61.9 Å². The molecule has 3 amide bonds. The summed E-state index contributed by atoms with van der Waals surface area (Å²) in [5.74, 6) is -1.26. The number of carbonyl (C=O) groups excluding carboxylic acids is 3. The number of amides is 3. The average Bonchev–Trinajstić information content (AvgIpc) is 2.81. The van der Waals surface area contributed by atoms with Crippen LogP contribution in [-0.2, 0) is 4.79 Å². The monoisotopic (exact) mass is 439 g/mol. The van der Waals surface area contributed by atoms with Crippen molar-refractivity contribution in [1.29, 1.82) is 0 Å². The van der Waals surface area contributed by atoms with Gasteiger partial charge in [0.1, 0.15) is 11.9 Å². The number of benzene rings is 2. The van der Waals surface area contributed by atoms with Crippen LogP contribution in [0, 0.1) is 18.7 Å². The average molecular weight is 440 g/mol. The minimum Gasteiger partial charge on any atom is -0.354 e. The van der Waals surface area contributed by atoms with Gasteiger partial charge in [0.25, 0.3) is 11.8 Å². The normalized spacial score (nSPS) is 15.2. The molecule has 0 spiro atoms. The van der Waals surface area contributed by atoms with Crippen LogP contribution in [0.15, 0.2) is 48.5 Å². The highest BCUT2D eigenvalue weighted by molar-refractivity contribution is 5.98. The first-order valence-corrected chi connectivity index (χ1v) is 11.1. The van der Waals surface area contributed by atoms with Crippen LogP contribution in [0.2, 0.25) is 0 Å². The van der Waals surface area contributed by atoms with E-state index in [2.05, 4.69) is 10.6 Å². The molecule has 1 aliphatic rings. The van der Waals surface area contributed by atoms with Crippen molar-refractivity contribution in [2.24, 2.45) is 5.92 Å². The molecule has 32 heavy (non-hydrogen) atoms. The standard InChI is InChI=1S/C25H30FN3O3/c1-3-13-27-24(31)22(28-23(30)21-10-5-4-7-17(21)2)18-11-14-29(15-12-18)25(32)19-8-6-9-20(26)16-19/h4-10,16,18,22H,3,11-15H2,1-2H3,(H,27,31)(H,28,30). The fourth-order valence-electron chi connectivity index (χ4n) is 4.04. The molecule has 0 aromatic heterocycles. The highest BCUT2D eigenvalue weighted by atomic mass is 19.1. The van der Waals surface area contributed by atoms with Gasteiger partial charge in [0.05, 0.1) is 0 Å². The van der Waals surface area contributed by atoms with Crippen molar-refractivity contribution in [2.45, 2.75) is 39.2 Å². The Balaban J connectivity index is 1.69. The van der Waals surface area contributed by atoms with Crippen LogP contribution >= 0.6 is 0 Å². The summed E-state index contributed by atoms with van der Waals surface area (Å²) in [6.45, 7) is 5.25. The van der Waals surface area contributed by atoms with Crippen LogP contribution in [0.5, 0.6) is 0 Å². The number of likely N-dealkylation sites (tertiary alicyclic amines) is 1. The van der Waals surface area contributed by atoms with Crippen LogP contribution in [0.1, 0.15) is 52.5 Å². The quantitative estimate of drug-likeness (QED) is 0.695. The van der Waals surface area contributed by atoms with Crippen molar-refractivity contribution in [1.82, 2.24) is 15.5 Å². The summed E-state index contributed by atoms with van der Waals surface area (Å²) in [5.41, 5.74) is 1.70. The SMILES string of the molecule is CCCNC(=O)C(NC(=O)c1ccccc1C)C1CCN(C(=O)c2cccc(F)c2)CC1. The lowest BCUT2D eigenvalue weighted by Crippen LogP contribution is -2.54. The minimum absolute atomic E-state index is 0.101. The van der Waals surface area contributed by atoms with E-state index in [1.165, 1.54) is 18.2 Å². The van der Waals surface area contributed by atoms with E-state index in [9.17, 15) is 18.8 Å². The lowest BCUT2D eigenvalue weighted by molar-refractivity contribution is -0.124. The number of hydrogen-bond donors (Lipinski definition) is 2.